The van der Waals surface area contributed by atoms with Crippen LogP contribution in [0.25, 0.3) is 0 Å². The molecule has 5 nitrogen and oxygen atoms in total. The van der Waals surface area contributed by atoms with Crippen LogP contribution in [0.4, 0.5) is 4.79 Å². The first-order chi connectivity index (χ1) is 9.47. The first kappa shape index (κ1) is 17.2. The second kappa shape index (κ2) is 9.19. The number of carbonyl (C=O) groups excluding carboxylic acids is 1. The van der Waals surface area contributed by atoms with E-state index in [1.165, 1.54) is 19.3 Å². The number of piperidine rings is 1. The molecule has 0 radical (unpaired) electrons. The number of nitrogens with zero attached hydrogens (tertiary/aromatic N) is 1. The summed E-state index contributed by atoms with van der Waals surface area (Å²) in [6.45, 7) is 9.69. The van der Waals surface area contributed by atoms with E-state index < -0.39 is 0 Å². The highest BCUT2D eigenvalue weighted by Gasteiger charge is 2.15. The van der Waals surface area contributed by atoms with Gasteiger partial charge in [0.1, 0.15) is 0 Å². The molecule has 0 bridgehead atoms. The van der Waals surface area contributed by atoms with E-state index in [1.807, 2.05) is 13.8 Å². The van der Waals surface area contributed by atoms with Crippen molar-refractivity contribution >= 4 is 6.03 Å². The van der Waals surface area contributed by atoms with Crippen molar-refractivity contribution < 1.29 is 9.90 Å². The van der Waals surface area contributed by atoms with E-state index in [2.05, 4.69) is 15.5 Å². The molecule has 0 aromatic rings. The van der Waals surface area contributed by atoms with Crippen LogP contribution in [0.1, 0.15) is 46.5 Å². The van der Waals surface area contributed by atoms with Crippen molar-refractivity contribution in [3.63, 3.8) is 0 Å². The van der Waals surface area contributed by atoms with Gasteiger partial charge in [0.05, 0.1) is 6.10 Å². The zero-order valence-electron chi connectivity index (χ0n) is 13.2. The molecule has 20 heavy (non-hydrogen) atoms. The molecule has 0 saturated carbocycles. The molecule has 0 aromatic carbocycles. The van der Waals surface area contributed by atoms with Crippen molar-refractivity contribution in [2.24, 2.45) is 5.92 Å². The number of rotatable bonds is 7. The maximum atomic E-state index is 11.8. The number of nitrogens with one attached hydrogen (secondary N) is 2. The molecule has 1 fully saturated rings. The highest BCUT2D eigenvalue weighted by molar-refractivity contribution is 5.74. The number of carbonyl (C=O) groups is 1. The number of aliphatic hydroxyl groups excluding tert-OH is 1. The van der Waals surface area contributed by atoms with Crippen LogP contribution >= 0.6 is 0 Å². The lowest BCUT2D eigenvalue weighted by Crippen LogP contribution is -2.47. The molecule has 118 valence electrons. The molecular weight excluding hydrogens is 254 g/mol. The van der Waals surface area contributed by atoms with E-state index in [0.29, 0.717) is 13.0 Å². The third-order valence-corrected chi connectivity index (χ3v) is 3.71. The molecule has 3 N–H and O–H groups in total. The van der Waals surface area contributed by atoms with Gasteiger partial charge in [-0.1, -0.05) is 13.3 Å². The van der Waals surface area contributed by atoms with Crippen LogP contribution in [0.3, 0.4) is 0 Å². The Labute approximate surface area is 123 Å². The quantitative estimate of drug-likeness (QED) is 0.665. The number of likely N-dealkylation sites (tertiary alicyclic amines) is 1. The zero-order valence-corrected chi connectivity index (χ0v) is 13.2. The lowest BCUT2D eigenvalue weighted by Gasteiger charge is -2.29. The van der Waals surface area contributed by atoms with Gasteiger partial charge in [0.2, 0.25) is 0 Å². The normalized spacial score (nSPS) is 21.0. The molecule has 1 rings (SSSR count). The summed E-state index contributed by atoms with van der Waals surface area (Å²) in [6, 6.07) is 0.0622. The summed E-state index contributed by atoms with van der Waals surface area (Å²) in [4.78, 5) is 14.2. The summed E-state index contributed by atoms with van der Waals surface area (Å²) in [5.74, 6) is 0.290. The summed E-state index contributed by atoms with van der Waals surface area (Å²) in [5, 5.41) is 15.1. The largest absolute Gasteiger partial charge is 0.393 e. The zero-order chi connectivity index (χ0) is 15.0. The smallest absolute Gasteiger partial charge is 0.315 e. The number of hydrogen-bond acceptors (Lipinski definition) is 3. The van der Waals surface area contributed by atoms with E-state index >= 15 is 0 Å². The Morgan fingerprint density at radius 3 is 2.45 bits per heavy atom. The monoisotopic (exact) mass is 285 g/mol. The van der Waals surface area contributed by atoms with Crippen molar-refractivity contribution in [1.82, 2.24) is 15.5 Å². The van der Waals surface area contributed by atoms with Gasteiger partial charge in [0.25, 0.3) is 0 Å². The number of aliphatic hydroxyl groups is 1. The fraction of sp³-hybridized carbons (Fsp3) is 0.933. The molecule has 1 heterocycles. The molecule has 0 spiro atoms. The fourth-order valence-electron chi connectivity index (χ4n) is 2.78. The van der Waals surface area contributed by atoms with Gasteiger partial charge in [-0.3, -0.25) is 0 Å². The van der Waals surface area contributed by atoms with Crippen molar-refractivity contribution in [2.75, 3.05) is 26.2 Å². The van der Waals surface area contributed by atoms with Crippen LogP contribution in [-0.4, -0.2) is 54.4 Å². The Morgan fingerprint density at radius 1 is 1.20 bits per heavy atom. The molecule has 3 unspecified atom stereocenters. The number of urea groups is 1. The minimum atomic E-state index is -0.312. The van der Waals surface area contributed by atoms with Crippen LogP contribution in [0.5, 0.6) is 0 Å². The average molecular weight is 285 g/mol. The molecule has 3 atom stereocenters. The Hall–Kier alpha value is -0.810. The van der Waals surface area contributed by atoms with Gasteiger partial charge in [0.15, 0.2) is 0 Å². The predicted octanol–water partition coefficient (Wildman–Crippen LogP) is 1.57. The molecule has 2 amide bonds. The minimum absolute atomic E-state index is 0.105. The third-order valence-electron chi connectivity index (χ3n) is 3.71. The second-order valence-corrected chi connectivity index (χ2v) is 6.31. The first-order valence-corrected chi connectivity index (χ1v) is 7.92. The molecule has 1 aliphatic rings. The van der Waals surface area contributed by atoms with E-state index in [4.69, 9.17) is 0 Å². The van der Waals surface area contributed by atoms with Crippen LogP contribution in [0.15, 0.2) is 0 Å². The van der Waals surface area contributed by atoms with Crippen molar-refractivity contribution in [1.29, 1.82) is 0 Å². The lowest BCUT2D eigenvalue weighted by atomic mass is 10.1. The van der Waals surface area contributed by atoms with Gasteiger partial charge in [-0.2, -0.15) is 0 Å². The van der Waals surface area contributed by atoms with E-state index in [9.17, 15) is 9.90 Å². The van der Waals surface area contributed by atoms with Crippen LogP contribution in [0.2, 0.25) is 0 Å². The highest BCUT2D eigenvalue weighted by atomic mass is 16.3. The van der Waals surface area contributed by atoms with Gasteiger partial charge in [0, 0.05) is 19.1 Å². The van der Waals surface area contributed by atoms with Crippen molar-refractivity contribution in [3.8, 4) is 0 Å². The topological polar surface area (TPSA) is 64.6 Å². The molecule has 1 saturated heterocycles. The molecule has 0 aromatic heterocycles. The fourth-order valence-corrected chi connectivity index (χ4v) is 2.78. The molecule has 5 heteroatoms. The Bertz CT molecular complexity index is 278. The van der Waals surface area contributed by atoms with Gasteiger partial charge in [-0.25, -0.2) is 4.79 Å². The molecular formula is C15H31N3O2. The SMILES string of the molecule is CC(O)CC(C)CNC(=O)NC(C)CN1CCCCC1. The van der Waals surface area contributed by atoms with Crippen molar-refractivity contribution in [2.45, 2.75) is 58.6 Å². The van der Waals surface area contributed by atoms with E-state index in [0.717, 1.165) is 19.6 Å². The summed E-state index contributed by atoms with van der Waals surface area (Å²) >= 11 is 0. The molecule has 0 aliphatic carbocycles. The standard InChI is InChI=1S/C15H31N3O2/c1-12(9-14(3)19)10-16-15(20)17-13(2)11-18-7-5-4-6-8-18/h12-14,19H,4-11H2,1-3H3,(H2,16,17,20). The van der Waals surface area contributed by atoms with Gasteiger partial charge < -0.3 is 20.6 Å². The van der Waals surface area contributed by atoms with E-state index in [1.54, 1.807) is 6.92 Å². The third kappa shape index (κ3) is 7.70. The number of amides is 2. The van der Waals surface area contributed by atoms with Crippen LogP contribution < -0.4 is 10.6 Å². The van der Waals surface area contributed by atoms with Gasteiger partial charge in [-0.05, 0) is 52.1 Å². The lowest BCUT2D eigenvalue weighted by molar-refractivity contribution is 0.162. The maximum absolute atomic E-state index is 11.8. The van der Waals surface area contributed by atoms with Gasteiger partial charge >= 0.3 is 6.03 Å². The second-order valence-electron chi connectivity index (χ2n) is 6.31. The minimum Gasteiger partial charge on any atom is -0.393 e. The van der Waals surface area contributed by atoms with Crippen LogP contribution in [-0.2, 0) is 0 Å². The van der Waals surface area contributed by atoms with Crippen LogP contribution in [0, 0.1) is 5.92 Å². The Kier molecular flexibility index (Phi) is 7.92. The molecule has 1 aliphatic heterocycles. The Balaban J connectivity index is 2.14. The number of hydrogen-bond donors (Lipinski definition) is 3. The maximum Gasteiger partial charge on any atom is 0.315 e. The first-order valence-electron chi connectivity index (χ1n) is 7.92. The van der Waals surface area contributed by atoms with E-state index in [-0.39, 0.29) is 24.1 Å². The Morgan fingerprint density at radius 2 is 1.85 bits per heavy atom. The predicted molar refractivity (Wildman–Crippen MR) is 81.7 cm³/mol. The highest BCUT2D eigenvalue weighted by Crippen LogP contribution is 2.08. The van der Waals surface area contributed by atoms with Crippen molar-refractivity contribution in [3.05, 3.63) is 0 Å². The average Bonchev–Trinajstić information content (AvgIpc) is 2.36. The summed E-state index contributed by atoms with van der Waals surface area (Å²) in [7, 11) is 0. The summed E-state index contributed by atoms with van der Waals surface area (Å²) in [6.07, 6.45) is 4.28. The summed E-state index contributed by atoms with van der Waals surface area (Å²) < 4.78 is 0. The van der Waals surface area contributed by atoms with Gasteiger partial charge in [-0.15, -0.1) is 0 Å². The summed E-state index contributed by atoms with van der Waals surface area (Å²) in [5.41, 5.74) is 0.